The molecular weight excluding hydrogens is 230 g/mol. The summed E-state index contributed by atoms with van der Waals surface area (Å²) in [7, 11) is 0. The molecule has 3 heteroatoms. The first-order chi connectivity index (χ1) is 8.19. The number of hydrogen-bond acceptors (Lipinski definition) is 3. The number of piperidine rings is 1. The lowest BCUT2D eigenvalue weighted by atomic mass is 9.92. The van der Waals surface area contributed by atoms with Crippen LogP contribution in [0, 0.1) is 5.92 Å². The minimum atomic E-state index is -0.134. The van der Waals surface area contributed by atoms with Crippen LogP contribution in [-0.2, 0) is 13.0 Å². The smallest absolute Gasteiger partial charge is 0.0541 e. The largest absolute Gasteiger partial charge is 0.393 e. The molecule has 0 aliphatic carbocycles. The van der Waals surface area contributed by atoms with E-state index in [4.69, 9.17) is 0 Å². The Morgan fingerprint density at radius 3 is 2.53 bits per heavy atom. The molecule has 0 spiro atoms. The summed E-state index contributed by atoms with van der Waals surface area (Å²) in [6, 6.07) is 4.52. The number of rotatable bonds is 4. The molecule has 1 aliphatic rings. The highest BCUT2D eigenvalue weighted by molar-refractivity contribution is 7.11. The topological polar surface area (TPSA) is 23.5 Å². The van der Waals surface area contributed by atoms with Gasteiger partial charge in [-0.15, -0.1) is 11.3 Å². The first kappa shape index (κ1) is 13.1. The summed E-state index contributed by atoms with van der Waals surface area (Å²) in [6.07, 6.45) is 3.30. The number of likely N-dealkylation sites (tertiary alicyclic amines) is 1. The normalized spacial score (nSPS) is 20.6. The average molecular weight is 253 g/mol. The first-order valence-electron chi connectivity index (χ1n) is 6.67. The van der Waals surface area contributed by atoms with E-state index in [1.54, 1.807) is 0 Å². The SMILES string of the molecule is CCc1ccc(CN2CCC(C(C)O)CC2)s1. The van der Waals surface area contributed by atoms with Crippen LogP contribution in [0.2, 0.25) is 0 Å². The molecule has 1 aliphatic heterocycles. The van der Waals surface area contributed by atoms with Crippen molar-refractivity contribution in [2.75, 3.05) is 13.1 Å². The van der Waals surface area contributed by atoms with Crippen LogP contribution in [0.15, 0.2) is 12.1 Å². The van der Waals surface area contributed by atoms with Crippen molar-refractivity contribution in [3.63, 3.8) is 0 Å². The molecule has 1 fully saturated rings. The van der Waals surface area contributed by atoms with E-state index in [1.807, 2.05) is 18.3 Å². The predicted octanol–water partition coefficient (Wildman–Crippen LogP) is 2.90. The summed E-state index contributed by atoms with van der Waals surface area (Å²) in [5.41, 5.74) is 0. The molecule has 2 heterocycles. The number of hydrogen-bond donors (Lipinski definition) is 1. The molecule has 2 nitrogen and oxygen atoms in total. The van der Waals surface area contributed by atoms with Gasteiger partial charge >= 0.3 is 0 Å². The monoisotopic (exact) mass is 253 g/mol. The van der Waals surface area contributed by atoms with Crippen molar-refractivity contribution in [3.05, 3.63) is 21.9 Å². The van der Waals surface area contributed by atoms with Gasteiger partial charge in [0.2, 0.25) is 0 Å². The van der Waals surface area contributed by atoms with Crippen molar-refractivity contribution < 1.29 is 5.11 Å². The molecular formula is C14H23NOS. The fourth-order valence-electron chi connectivity index (χ4n) is 2.51. The van der Waals surface area contributed by atoms with Crippen LogP contribution >= 0.6 is 11.3 Å². The molecule has 17 heavy (non-hydrogen) atoms. The van der Waals surface area contributed by atoms with Crippen LogP contribution in [0.1, 0.15) is 36.4 Å². The maximum Gasteiger partial charge on any atom is 0.0541 e. The van der Waals surface area contributed by atoms with Crippen molar-refractivity contribution >= 4 is 11.3 Å². The molecule has 1 atom stereocenters. The summed E-state index contributed by atoms with van der Waals surface area (Å²) in [4.78, 5) is 5.49. The first-order valence-corrected chi connectivity index (χ1v) is 7.48. The van der Waals surface area contributed by atoms with Crippen molar-refractivity contribution in [2.24, 2.45) is 5.92 Å². The molecule has 0 aromatic carbocycles. The number of aliphatic hydroxyl groups is 1. The quantitative estimate of drug-likeness (QED) is 0.892. The van der Waals surface area contributed by atoms with Gasteiger partial charge in [-0.25, -0.2) is 0 Å². The van der Waals surface area contributed by atoms with Crippen LogP contribution in [-0.4, -0.2) is 29.2 Å². The van der Waals surface area contributed by atoms with Crippen LogP contribution < -0.4 is 0 Å². The van der Waals surface area contributed by atoms with Gasteiger partial charge in [-0.2, -0.15) is 0 Å². The molecule has 0 bridgehead atoms. The number of aliphatic hydroxyl groups excluding tert-OH is 1. The van der Waals surface area contributed by atoms with Gasteiger partial charge in [0.05, 0.1) is 6.10 Å². The summed E-state index contributed by atoms with van der Waals surface area (Å²) < 4.78 is 0. The Morgan fingerprint density at radius 2 is 2.00 bits per heavy atom. The van der Waals surface area contributed by atoms with E-state index in [9.17, 15) is 5.11 Å². The number of aryl methyl sites for hydroxylation is 1. The summed E-state index contributed by atoms with van der Waals surface area (Å²) >= 11 is 1.94. The van der Waals surface area contributed by atoms with Gasteiger partial charge in [0.25, 0.3) is 0 Å². The van der Waals surface area contributed by atoms with Gasteiger partial charge in [0, 0.05) is 16.3 Å². The Bertz CT molecular complexity index is 340. The molecule has 1 saturated heterocycles. The second kappa shape index (κ2) is 5.98. The van der Waals surface area contributed by atoms with E-state index >= 15 is 0 Å². The molecule has 2 rings (SSSR count). The summed E-state index contributed by atoms with van der Waals surface area (Å²) in [6.45, 7) is 7.50. The Morgan fingerprint density at radius 1 is 1.35 bits per heavy atom. The van der Waals surface area contributed by atoms with Crippen molar-refractivity contribution in [1.82, 2.24) is 4.90 Å². The fraction of sp³-hybridized carbons (Fsp3) is 0.714. The number of nitrogens with zero attached hydrogens (tertiary/aromatic N) is 1. The molecule has 0 radical (unpaired) electrons. The zero-order chi connectivity index (χ0) is 12.3. The predicted molar refractivity (Wildman–Crippen MR) is 73.4 cm³/mol. The second-order valence-corrected chi connectivity index (χ2v) is 6.33. The molecule has 1 aromatic rings. The van der Waals surface area contributed by atoms with E-state index in [0.29, 0.717) is 5.92 Å². The van der Waals surface area contributed by atoms with E-state index in [2.05, 4.69) is 24.0 Å². The lowest BCUT2D eigenvalue weighted by Gasteiger charge is -2.32. The van der Waals surface area contributed by atoms with E-state index in [0.717, 1.165) is 38.9 Å². The molecule has 96 valence electrons. The van der Waals surface area contributed by atoms with Gasteiger partial charge in [-0.05, 0) is 57.3 Å². The van der Waals surface area contributed by atoms with Crippen molar-refractivity contribution in [3.8, 4) is 0 Å². The van der Waals surface area contributed by atoms with E-state index in [-0.39, 0.29) is 6.10 Å². The highest BCUT2D eigenvalue weighted by atomic mass is 32.1. The Kier molecular flexibility index (Phi) is 4.60. The van der Waals surface area contributed by atoms with Crippen LogP contribution in [0.3, 0.4) is 0 Å². The van der Waals surface area contributed by atoms with Gasteiger partial charge in [0.1, 0.15) is 0 Å². The zero-order valence-corrected chi connectivity index (χ0v) is 11.7. The molecule has 0 saturated carbocycles. The van der Waals surface area contributed by atoms with E-state index < -0.39 is 0 Å². The summed E-state index contributed by atoms with van der Waals surface area (Å²) in [5.74, 6) is 0.515. The summed E-state index contributed by atoms with van der Waals surface area (Å²) in [5, 5.41) is 9.57. The minimum Gasteiger partial charge on any atom is -0.393 e. The average Bonchev–Trinajstić information content (AvgIpc) is 2.77. The third-order valence-electron chi connectivity index (χ3n) is 3.76. The lowest BCUT2D eigenvalue weighted by molar-refractivity contribution is 0.0698. The Labute approximate surface area is 108 Å². The van der Waals surface area contributed by atoms with Gasteiger partial charge in [0.15, 0.2) is 0 Å². The second-order valence-electron chi connectivity index (χ2n) is 5.08. The Hall–Kier alpha value is -0.380. The van der Waals surface area contributed by atoms with Crippen molar-refractivity contribution in [2.45, 2.75) is 45.8 Å². The Balaban J connectivity index is 1.81. The molecule has 0 amide bonds. The minimum absolute atomic E-state index is 0.134. The van der Waals surface area contributed by atoms with Gasteiger partial charge in [-0.3, -0.25) is 4.90 Å². The molecule has 1 unspecified atom stereocenters. The highest BCUT2D eigenvalue weighted by Gasteiger charge is 2.22. The van der Waals surface area contributed by atoms with E-state index in [1.165, 1.54) is 9.75 Å². The standard InChI is InChI=1S/C14H23NOS/c1-3-13-4-5-14(17-13)10-15-8-6-12(7-9-15)11(2)16/h4-5,11-12,16H,3,6-10H2,1-2H3. The maximum atomic E-state index is 9.57. The third-order valence-corrected chi connectivity index (χ3v) is 4.97. The number of thiophene rings is 1. The van der Waals surface area contributed by atoms with Crippen LogP contribution in [0.25, 0.3) is 0 Å². The lowest BCUT2D eigenvalue weighted by Crippen LogP contribution is -2.36. The maximum absolute atomic E-state index is 9.57. The zero-order valence-electron chi connectivity index (χ0n) is 10.9. The van der Waals surface area contributed by atoms with Crippen molar-refractivity contribution in [1.29, 1.82) is 0 Å². The van der Waals surface area contributed by atoms with Gasteiger partial charge < -0.3 is 5.11 Å². The van der Waals surface area contributed by atoms with Gasteiger partial charge in [-0.1, -0.05) is 6.92 Å². The fourth-order valence-corrected chi connectivity index (χ4v) is 3.51. The third kappa shape index (κ3) is 3.54. The van der Waals surface area contributed by atoms with Crippen LogP contribution in [0.5, 0.6) is 0 Å². The molecule has 1 aromatic heterocycles. The molecule has 1 N–H and O–H groups in total. The van der Waals surface area contributed by atoms with Crippen LogP contribution in [0.4, 0.5) is 0 Å². The highest BCUT2D eigenvalue weighted by Crippen LogP contribution is 2.24.